The fraction of sp³-hybridized carbons (Fsp3) is 0.462. The Kier molecular flexibility index (Phi) is 3.74. The maximum Gasteiger partial charge on any atom is 0.152 e. The predicted octanol–water partition coefficient (Wildman–Crippen LogP) is 2.11. The second-order valence-corrected chi connectivity index (χ2v) is 4.35. The molecule has 0 aliphatic carbocycles. The van der Waals surface area contributed by atoms with Gasteiger partial charge in [-0.2, -0.15) is 0 Å². The van der Waals surface area contributed by atoms with Gasteiger partial charge in [-0.1, -0.05) is 6.07 Å². The summed E-state index contributed by atoms with van der Waals surface area (Å²) in [7, 11) is 1.67. The molecule has 1 aliphatic heterocycles. The Labute approximate surface area is 100 Å². The lowest BCUT2D eigenvalue weighted by Crippen LogP contribution is -2.23. The smallest absolute Gasteiger partial charge is 0.152 e. The number of benzene rings is 1. The van der Waals surface area contributed by atoms with Gasteiger partial charge in [0, 0.05) is 31.7 Å². The van der Waals surface area contributed by atoms with Crippen molar-refractivity contribution in [1.82, 2.24) is 0 Å². The second kappa shape index (κ2) is 5.27. The lowest BCUT2D eigenvalue weighted by molar-refractivity contribution is 0.112. The van der Waals surface area contributed by atoms with E-state index in [9.17, 15) is 9.18 Å². The van der Waals surface area contributed by atoms with Crippen molar-refractivity contribution in [1.29, 1.82) is 0 Å². The largest absolute Gasteiger partial charge is 0.384 e. The molecule has 0 radical (unpaired) electrons. The van der Waals surface area contributed by atoms with Crippen molar-refractivity contribution in [3.05, 3.63) is 29.6 Å². The van der Waals surface area contributed by atoms with Crippen LogP contribution in [0.5, 0.6) is 0 Å². The normalized spacial score (nSPS) is 19.6. The summed E-state index contributed by atoms with van der Waals surface area (Å²) in [4.78, 5) is 12.9. The zero-order valence-electron chi connectivity index (χ0n) is 9.86. The molecule has 0 spiro atoms. The number of hydrogen-bond acceptors (Lipinski definition) is 3. The van der Waals surface area contributed by atoms with Gasteiger partial charge >= 0.3 is 0 Å². The number of methoxy groups -OCH3 is 1. The van der Waals surface area contributed by atoms with E-state index in [0.717, 1.165) is 19.5 Å². The van der Waals surface area contributed by atoms with Crippen LogP contribution in [-0.2, 0) is 4.74 Å². The molecule has 4 heteroatoms. The van der Waals surface area contributed by atoms with Crippen molar-refractivity contribution in [3.63, 3.8) is 0 Å². The Bertz CT molecular complexity index is 408. The first-order valence-corrected chi connectivity index (χ1v) is 5.74. The summed E-state index contributed by atoms with van der Waals surface area (Å²) in [5, 5.41) is 0. The number of carbonyl (C=O) groups is 1. The molecule has 1 aliphatic rings. The van der Waals surface area contributed by atoms with Crippen molar-refractivity contribution in [2.24, 2.45) is 5.92 Å². The number of rotatable bonds is 4. The maximum absolute atomic E-state index is 13.8. The molecule has 92 valence electrons. The second-order valence-electron chi connectivity index (χ2n) is 4.35. The molecule has 0 amide bonds. The van der Waals surface area contributed by atoms with E-state index in [0.29, 0.717) is 30.1 Å². The summed E-state index contributed by atoms with van der Waals surface area (Å²) < 4.78 is 18.9. The van der Waals surface area contributed by atoms with Gasteiger partial charge < -0.3 is 9.64 Å². The van der Waals surface area contributed by atoms with Crippen LogP contribution in [0, 0.1) is 11.7 Å². The molecule has 1 saturated heterocycles. The third kappa shape index (κ3) is 2.47. The molecule has 17 heavy (non-hydrogen) atoms. The Morgan fingerprint density at radius 2 is 2.41 bits per heavy atom. The monoisotopic (exact) mass is 237 g/mol. The SMILES string of the molecule is COCC1CCN(c2c(F)cccc2C=O)C1. The van der Waals surface area contributed by atoms with Crippen LogP contribution in [0.1, 0.15) is 16.8 Å². The van der Waals surface area contributed by atoms with Crippen LogP contribution < -0.4 is 4.90 Å². The third-order valence-electron chi connectivity index (χ3n) is 3.15. The van der Waals surface area contributed by atoms with Crippen LogP contribution in [0.3, 0.4) is 0 Å². The molecule has 1 heterocycles. The Morgan fingerprint density at radius 1 is 1.59 bits per heavy atom. The van der Waals surface area contributed by atoms with E-state index in [2.05, 4.69) is 0 Å². The molecule has 0 bridgehead atoms. The number of ether oxygens (including phenoxy) is 1. The first kappa shape index (κ1) is 12.0. The van der Waals surface area contributed by atoms with Gasteiger partial charge in [0.05, 0.1) is 12.3 Å². The van der Waals surface area contributed by atoms with Crippen LogP contribution in [0.4, 0.5) is 10.1 Å². The van der Waals surface area contributed by atoms with E-state index >= 15 is 0 Å². The van der Waals surface area contributed by atoms with Crippen LogP contribution in [0.15, 0.2) is 18.2 Å². The van der Waals surface area contributed by atoms with Crippen LogP contribution in [-0.4, -0.2) is 33.1 Å². The number of para-hydroxylation sites is 1. The predicted molar refractivity (Wildman–Crippen MR) is 64.0 cm³/mol. The van der Waals surface area contributed by atoms with Gasteiger partial charge in [-0.3, -0.25) is 4.79 Å². The van der Waals surface area contributed by atoms with E-state index in [1.165, 1.54) is 6.07 Å². The van der Waals surface area contributed by atoms with E-state index in [4.69, 9.17) is 4.74 Å². The van der Waals surface area contributed by atoms with E-state index in [1.807, 2.05) is 4.90 Å². The molecular formula is C13H16FNO2. The molecule has 0 aromatic heterocycles. The van der Waals surface area contributed by atoms with E-state index in [1.54, 1.807) is 19.2 Å². The highest BCUT2D eigenvalue weighted by molar-refractivity contribution is 5.84. The molecule has 1 unspecified atom stereocenters. The Balaban J connectivity index is 2.21. The number of carbonyl (C=O) groups excluding carboxylic acids is 1. The Hall–Kier alpha value is -1.42. The van der Waals surface area contributed by atoms with Gasteiger partial charge in [0.25, 0.3) is 0 Å². The molecule has 2 rings (SSSR count). The van der Waals surface area contributed by atoms with Crippen molar-refractivity contribution in [3.8, 4) is 0 Å². The number of nitrogens with zero attached hydrogens (tertiary/aromatic N) is 1. The standard InChI is InChI=1S/C13H16FNO2/c1-17-9-10-5-6-15(7-10)13-11(8-16)3-2-4-12(13)14/h2-4,8,10H,5-7,9H2,1H3. The number of halogens is 1. The fourth-order valence-electron chi connectivity index (χ4n) is 2.37. The van der Waals surface area contributed by atoms with Crippen LogP contribution in [0.25, 0.3) is 0 Å². The highest BCUT2D eigenvalue weighted by Gasteiger charge is 2.26. The molecule has 1 aromatic carbocycles. The summed E-state index contributed by atoms with van der Waals surface area (Å²) in [6.45, 7) is 2.20. The minimum absolute atomic E-state index is 0.326. The average Bonchev–Trinajstić information content (AvgIpc) is 2.77. The quantitative estimate of drug-likeness (QED) is 0.751. The summed E-state index contributed by atoms with van der Waals surface area (Å²) in [6, 6.07) is 4.60. The number of aldehydes is 1. The lowest BCUT2D eigenvalue weighted by atomic mass is 10.1. The maximum atomic E-state index is 13.8. The topological polar surface area (TPSA) is 29.5 Å². The zero-order chi connectivity index (χ0) is 12.3. The van der Waals surface area contributed by atoms with Crippen molar-refractivity contribution >= 4 is 12.0 Å². The summed E-state index contributed by atoms with van der Waals surface area (Å²) >= 11 is 0. The summed E-state index contributed by atoms with van der Waals surface area (Å²) in [5.74, 6) is 0.0896. The number of anilines is 1. The minimum atomic E-state index is -0.326. The van der Waals surface area contributed by atoms with Gasteiger partial charge in [-0.05, 0) is 18.6 Å². The van der Waals surface area contributed by atoms with Gasteiger partial charge in [0.2, 0.25) is 0 Å². The van der Waals surface area contributed by atoms with Gasteiger partial charge in [0.1, 0.15) is 5.82 Å². The van der Waals surface area contributed by atoms with Crippen molar-refractivity contribution < 1.29 is 13.9 Å². The van der Waals surface area contributed by atoms with Crippen molar-refractivity contribution in [2.45, 2.75) is 6.42 Å². The lowest BCUT2D eigenvalue weighted by Gasteiger charge is -2.20. The van der Waals surface area contributed by atoms with Crippen LogP contribution >= 0.6 is 0 Å². The fourth-order valence-corrected chi connectivity index (χ4v) is 2.37. The van der Waals surface area contributed by atoms with E-state index in [-0.39, 0.29) is 5.82 Å². The zero-order valence-corrected chi connectivity index (χ0v) is 9.86. The average molecular weight is 237 g/mol. The Morgan fingerprint density at radius 3 is 3.12 bits per heavy atom. The first-order chi connectivity index (χ1) is 8.26. The first-order valence-electron chi connectivity index (χ1n) is 5.74. The van der Waals surface area contributed by atoms with Crippen molar-refractivity contribution in [2.75, 3.05) is 31.7 Å². The van der Waals surface area contributed by atoms with Gasteiger partial charge in [-0.25, -0.2) is 4.39 Å². The molecule has 1 atom stereocenters. The molecular weight excluding hydrogens is 221 g/mol. The molecule has 1 fully saturated rings. The molecule has 0 saturated carbocycles. The molecule has 0 N–H and O–H groups in total. The van der Waals surface area contributed by atoms with Gasteiger partial charge in [-0.15, -0.1) is 0 Å². The summed E-state index contributed by atoms with van der Waals surface area (Å²) in [5.41, 5.74) is 0.851. The number of hydrogen-bond donors (Lipinski definition) is 0. The third-order valence-corrected chi connectivity index (χ3v) is 3.15. The summed E-state index contributed by atoms with van der Waals surface area (Å²) in [6.07, 6.45) is 1.68. The minimum Gasteiger partial charge on any atom is -0.384 e. The van der Waals surface area contributed by atoms with Crippen LogP contribution in [0.2, 0.25) is 0 Å². The highest BCUT2D eigenvalue weighted by atomic mass is 19.1. The highest BCUT2D eigenvalue weighted by Crippen LogP contribution is 2.29. The van der Waals surface area contributed by atoms with Gasteiger partial charge in [0.15, 0.2) is 6.29 Å². The van der Waals surface area contributed by atoms with E-state index < -0.39 is 0 Å². The molecule has 1 aromatic rings. The molecule has 3 nitrogen and oxygen atoms in total.